The van der Waals surface area contributed by atoms with E-state index < -0.39 is 0 Å². The van der Waals surface area contributed by atoms with Crippen LogP contribution in [0.2, 0.25) is 0 Å². The standard InChI is InChI=1S/C23H38O2/c1-5-19(24)21-20(25-4)14-18-16-10-9-15-8-6-7-12-22(15,2)17(16)11-13-23(18,21)3/h15-18,20-21H,5-14H2,1-4H3/t15-,16-,17-,18-,20-,21-,22+,23+/m1/s1. The maximum Gasteiger partial charge on any atom is 0.138 e. The fourth-order valence-electron chi connectivity index (χ4n) is 8.31. The van der Waals surface area contributed by atoms with Crippen molar-refractivity contribution in [2.24, 2.45) is 40.4 Å². The van der Waals surface area contributed by atoms with E-state index in [2.05, 4.69) is 13.8 Å². The summed E-state index contributed by atoms with van der Waals surface area (Å²) in [5.41, 5.74) is 0.769. The van der Waals surface area contributed by atoms with Crippen molar-refractivity contribution in [1.82, 2.24) is 0 Å². The molecule has 0 amide bonds. The normalized spacial score (nSPS) is 52.2. The second kappa shape index (κ2) is 6.36. The molecule has 4 saturated carbocycles. The number of ether oxygens (including phenoxy) is 1. The lowest BCUT2D eigenvalue weighted by Gasteiger charge is -2.60. The fraction of sp³-hybridized carbons (Fsp3) is 0.957. The van der Waals surface area contributed by atoms with E-state index in [0.29, 0.717) is 23.5 Å². The van der Waals surface area contributed by atoms with Crippen LogP contribution in [0.1, 0.15) is 85.0 Å². The van der Waals surface area contributed by atoms with Gasteiger partial charge in [0.15, 0.2) is 0 Å². The summed E-state index contributed by atoms with van der Waals surface area (Å²) in [6, 6.07) is 0. The Labute approximate surface area is 154 Å². The van der Waals surface area contributed by atoms with E-state index in [1.54, 1.807) is 0 Å². The van der Waals surface area contributed by atoms with Gasteiger partial charge < -0.3 is 4.74 Å². The molecular weight excluding hydrogens is 308 g/mol. The third-order valence-corrected chi connectivity index (χ3v) is 9.59. The Bertz CT molecular complexity index is 528. The van der Waals surface area contributed by atoms with E-state index in [4.69, 9.17) is 4.74 Å². The quantitative estimate of drug-likeness (QED) is 0.661. The Morgan fingerprint density at radius 3 is 2.52 bits per heavy atom. The third-order valence-electron chi connectivity index (χ3n) is 9.59. The molecule has 0 saturated heterocycles. The predicted octanol–water partition coefficient (Wildman–Crippen LogP) is 5.64. The van der Waals surface area contributed by atoms with Crippen LogP contribution in [0, 0.1) is 40.4 Å². The first kappa shape index (κ1) is 18.0. The van der Waals surface area contributed by atoms with E-state index in [1.165, 1.54) is 51.4 Å². The van der Waals surface area contributed by atoms with Crippen molar-refractivity contribution in [3.63, 3.8) is 0 Å². The topological polar surface area (TPSA) is 26.3 Å². The molecule has 142 valence electrons. The Kier molecular flexibility index (Phi) is 4.58. The zero-order valence-electron chi connectivity index (χ0n) is 16.9. The third kappa shape index (κ3) is 2.49. The molecule has 0 bridgehead atoms. The maximum atomic E-state index is 12.8. The van der Waals surface area contributed by atoms with E-state index >= 15 is 0 Å². The Morgan fingerprint density at radius 1 is 1.00 bits per heavy atom. The van der Waals surface area contributed by atoms with Gasteiger partial charge in [-0.25, -0.2) is 0 Å². The van der Waals surface area contributed by atoms with Crippen LogP contribution in [0.15, 0.2) is 0 Å². The number of methoxy groups -OCH3 is 1. The van der Waals surface area contributed by atoms with Crippen molar-refractivity contribution in [3.05, 3.63) is 0 Å². The van der Waals surface area contributed by atoms with Crippen LogP contribution >= 0.6 is 0 Å². The molecular formula is C23H38O2. The smallest absolute Gasteiger partial charge is 0.138 e. The highest BCUT2D eigenvalue weighted by atomic mass is 16.5. The van der Waals surface area contributed by atoms with E-state index in [-0.39, 0.29) is 17.4 Å². The first-order valence-electron chi connectivity index (χ1n) is 11.0. The van der Waals surface area contributed by atoms with Gasteiger partial charge in [0.1, 0.15) is 5.78 Å². The van der Waals surface area contributed by atoms with Crippen molar-refractivity contribution in [3.8, 4) is 0 Å². The molecule has 0 unspecified atom stereocenters. The van der Waals surface area contributed by atoms with Gasteiger partial charge in [0.05, 0.1) is 6.10 Å². The van der Waals surface area contributed by atoms with Crippen LogP contribution in [0.25, 0.3) is 0 Å². The summed E-state index contributed by atoms with van der Waals surface area (Å²) < 4.78 is 5.89. The minimum Gasteiger partial charge on any atom is -0.381 e. The van der Waals surface area contributed by atoms with Crippen LogP contribution in [0.5, 0.6) is 0 Å². The molecule has 0 heterocycles. The summed E-state index contributed by atoms with van der Waals surface area (Å²) in [5.74, 6) is 4.01. The van der Waals surface area contributed by atoms with Crippen LogP contribution in [0.3, 0.4) is 0 Å². The highest BCUT2D eigenvalue weighted by Crippen LogP contribution is 2.67. The lowest BCUT2D eigenvalue weighted by Crippen LogP contribution is -2.53. The van der Waals surface area contributed by atoms with Crippen LogP contribution in [0.4, 0.5) is 0 Å². The SMILES string of the molecule is CCC(=O)[C@@H]1[C@H](OC)C[C@@H]2[C@@H]3CC[C@H]4CCCC[C@]4(C)[C@@H]3CC[C@@]21C. The monoisotopic (exact) mass is 346 g/mol. The highest BCUT2D eigenvalue weighted by Gasteiger charge is 2.63. The number of rotatable bonds is 3. The van der Waals surface area contributed by atoms with Gasteiger partial charge in [0.25, 0.3) is 0 Å². The van der Waals surface area contributed by atoms with Crippen LogP contribution in [-0.2, 0) is 9.53 Å². The molecule has 4 fully saturated rings. The van der Waals surface area contributed by atoms with Crippen molar-refractivity contribution >= 4 is 5.78 Å². The Morgan fingerprint density at radius 2 is 1.80 bits per heavy atom. The van der Waals surface area contributed by atoms with Gasteiger partial charge in [-0.15, -0.1) is 0 Å². The average Bonchev–Trinajstić information content (AvgIpc) is 2.93. The molecule has 0 N–H and O–H groups in total. The van der Waals surface area contributed by atoms with Crippen molar-refractivity contribution in [2.45, 2.75) is 91.1 Å². The molecule has 2 heteroatoms. The molecule has 0 radical (unpaired) electrons. The number of hydrogen-bond donors (Lipinski definition) is 0. The van der Waals surface area contributed by atoms with E-state index in [0.717, 1.165) is 24.2 Å². The molecule has 0 aliphatic heterocycles. The molecule has 2 nitrogen and oxygen atoms in total. The molecule has 4 rings (SSSR count). The molecule has 0 aromatic rings. The number of fused-ring (bicyclic) bond motifs is 5. The first-order chi connectivity index (χ1) is 12.0. The van der Waals surface area contributed by atoms with Gasteiger partial charge in [-0.2, -0.15) is 0 Å². The van der Waals surface area contributed by atoms with Gasteiger partial charge >= 0.3 is 0 Å². The zero-order chi connectivity index (χ0) is 17.8. The lowest BCUT2D eigenvalue weighted by molar-refractivity contribution is -0.138. The molecule has 0 aromatic heterocycles. The molecule has 4 aliphatic rings. The summed E-state index contributed by atoms with van der Waals surface area (Å²) in [6.45, 7) is 7.11. The first-order valence-corrected chi connectivity index (χ1v) is 11.0. The summed E-state index contributed by atoms with van der Waals surface area (Å²) in [4.78, 5) is 12.8. The van der Waals surface area contributed by atoms with Crippen LogP contribution in [-0.4, -0.2) is 19.0 Å². The van der Waals surface area contributed by atoms with Crippen LogP contribution < -0.4 is 0 Å². The van der Waals surface area contributed by atoms with Gasteiger partial charge in [-0.3, -0.25) is 4.79 Å². The minimum absolute atomic E-state index is 0.144. The Balaban J connectivity index is 1.65. The Hall–Kier alpha value is -0.370. The summed E-state index contributed by atoms with van der Waals surface area (Å²) in [6.07, 6.45) is 13.2. The number of ketones is 1. The molecule has 25 heavy (non-hydrogen) atoms. The number of Topliss-reactive ketones (excluding diaryl/α,β-unsaturated/α-hetero) is 1. The second-order valence-electron chi connectivity index (χ2n) is 10.3. The van der Waals surface area contributed by atoms with Gasteiger partial charge in [-0.05, 0) is 79.4 Å². The molecule has 0 aromatic carbocycles. The molecule has 0 spiro atoms. The number of carbonyl (C=O) groups is 1. The van der Waals surface area contributed by atoms with E-state index in [1.807, 2.05) is 14.0 Å². The van der Waals surface area contributed by atoms with E-state index in [9.17, 15) is 4.79 Å². The average molecular weight is 347 g/mol. The molecule has 8 atom stereocenters. The van der Waals surface area contributed by atoms with Crippen molar-refractivity contribution in [1.29, 1.82) is 0 Å². The minimum atomic E-state index is 0.144. The fourth-order valence-corrected chi connectivity index (χ4v) is 8.31. The summed E-state index contributed by atoms with van der Waals surface area (Å²) >= 11 is 0. The number of carbonyl (C=O) groups excluding carboxylic acids is 1. The maximum absolute atomic E-state index is 12.8. The van der Waals surface area contributed by atoms with Gasteiger partial charge in [0, 0.05) is 19.4 Å². The lowest BCUT2D eigenvalue weighted by atomic mass is 9.45. The summed E-state index contributed by atoms with van der Waals surface area (Å²) in [5, 5.41) is 0. The largest absolute Gasteiger partial charge is 0.381 e. The van der Waals surface area contributed by atoms with Gasteiger partial charge in [0.2, 0.25) is 0 Å². The molecule has 4 aliphatic carbocycles. The predicted molar refractivity (Wildman–Crippen MR) is 101 cm³/mol. The second-order valence-corrected chi connectivity index (χ2v) is 10.3. The van der Waals surface area contributed by atoms with Gasteiger partial charge in [-0.1, -0.05) is 33.6 Å². The highest BCUT2D eigenvalue weighted by molar-refractivity contribution is 5.82. The van der Waals surface area contributed by atoms with Crippen molar-refractivity contribution in [2.75, 3.05) is 7.11 Å². The van der Waals surface area contributed by atoms with Crippen molar-refractivity contribution < 1.29 is 9.53 Å². The zero-order valence-corrected chi connectivity index (χ0v) is 16.9. The number of hydrogen-bond acceptors (Lipinski definition) is 2. The summed E-state index contributed by atoms with van der Waals surface area (Å²) in [7, 11) is 1.83.